The molecule has 0 saturated heterocycles. The molecule has 0 aliphatic heterocycles. The Balaban J connectivity index is 2.02. The van der Waals surface area contributed by atoms with Crippen molar-refractivity contribution in [3.05, 3.63) is 87.9 Å². The van der Waals surface area contributed by atoms with Crippen molar-refractivity contribution in [2.75, 3.05) is 12.5 Å². The van der Waals surface area contributed by atoms with Gasteiger partial charge in [0.25, 0.3) is 5.91 Å². The van der Waals surface area contributed by atoms with Crippen molar-refractivity contribution in [3.63, 3.8) is 0 Å². The number of hydrogen-bond acceptors (Lipinski definition) is 6. The van der Waals surface area contributed by atoms with E-state index in [4.69, 9.17) is 11.6 Å². The number of allylic oxidation sites excluding steroid dienone is 4. The van der Waals surface area contributed by atoms with Crippen LogP contribution in [-0.4, -0.2) is 45.6 Å². The van der Waals surface area contributed by atoms with Gasteiger partial charge in [-0.15, -0.1) is 0 Å². The highest BCUT2D eigenvalue weighted by Crippen LogP contribution is 2.36. The largest absolute Gasteiger partial charge is 0.331 e. The van der Waals surface area contributed by atoms with E-state index in [1.165, 1.54) is 22.8 Å². The molecule has 0 unspecified atom stereocenters. The van der Waals surface area contributed by atoms with Gasteiger partial charge in [0.05, 0.1) is 18.6 Å². The zero-order valence-corrected chi connectivity index (χ0v) is 22.2. The average Bonchev–Trinajstić information content (AvgIpc) is 3.07. The van der Waals surface area contributed by atoms with Crippen LogP contribution >= 0.6 is 11.6 Å². The molecule has 0 fully saturated rings. The quantitative estimate of drug-likeness (QED) is 0.468. The second-order valence-corrected chi connectivity index (χ2v) is 13.1. The van der Waals surface area contributed by atoms with Crippen molar-refractivity contribution < 1.29 is 30.8 Å². The van der Waals surface area contributed by atoms with Crippen molar-refractivity contribution in [2.45, 2.75) is 18.7 Å². The molecule has 1 aliphatic carbocycles. The first-order valence-electron chi connectivity index (χ1n) is 10.9. The molecule has 0 atom stereocenters. The number of hydrogen-bond donors (Lipinski definition) is 1. The number of sulfonamides is 1. The molecule has 12 heteroatoms. The molecule has 0 spiro atoms. The molecule has 2 aromatic carbocycles. The van der Waals surface area contributed by atoms with Gasteiger partial charge in [0, 0.05) is 45.3 Å². The van der Waals surface area contributed by atoms with Gasteiger partial charge in [0.1, 0.15) is 11.5 Å². The molecule has 37 heavy (non-hydrogen) atoms. The van der Waals surface area contributed by atoms with Crippen LogP contribution in [0.5, 0.6) is 0 Å². The Morgan fingerprint density at radius 3 is 2.49 bits per heavy atom. The molecule has 4 rings (SSSR count). The first-order chi connectivity index (χ1) is 17.2. The minimum Gasteiger partial charge on any atom is -0.331 e. The molecule has 194 valence electrons. The summed E-state index contributed by atoms with van der Waals surface area (Å²) in [6.07, 6.45) is 6.78. The van der Waals surface area contributed by atoms with Gasteiger partial charge in [-0.25, -0.2) is 25.9 Å². The number of carbonyl (C=O) groups is 2. The summed E-state index contributed by atoms with van der Waals surface area (Å²) in [6.45, 7) is -0.259. The topological polar surface area (TPSA) is 119 Å². The zero-order chi connectivity index (χ0) is 27.1. The third-order valence-corrected chi connectivity index (χ3v) is 7.31. The number of sulfone groups is 1. The number of halogens is 2. The third kappa shape index (κ3) is 6.00. The Morgan fingerprint density at radius 2 is 1.84 bits per heavy atom. The highest BCUT2D eigenvalue weighted by molar-refractivity contribution is 7.90. The molecular formula is C25H22ClFN2O6S2. The Morgan fingerprint density at radius 1 is 1.11 bits per heavy atom. The second kappa shape index (κ2) is 9.88. The summed E-state index contributed by atoms with van der Waals surface area (Å²) in [5.41, 5.74) is 0.978. The fraction of sp³-hybridized carbons (Fsp3) is 0.200. The third-order valence-electron chi connectivity index (χ3n) is 5.66. The predicted octanol–water partition coefficient (Wildman–Crippen LogP) is 3.63. The van der Waals surface area contributed by atoms with Crippen LogP contribution in [0.3, 0.4) is 0 Å². The zero-order valence-electron chi connectivity index (χ0n) is 19.8. The molecule has 3 aromatic rings. The Labute approximate surface area is 218 Å². The van der Waals surface area contributed by atoms with E-state index in [2.05, 4.69) is 0 Å². The number of carbonyl (C=O) groups excluding carboxylic acids is 2. The first-order valence-corrected chi connectivity index (χ1v) is 15.3. The fourth-order valence-electron chi connectivity index (χ4n) is 4.29. The summed E-state index contributed by atoms with van der Waals surface area (Å²) in [7, 11) is -7.40. The maximum atomic E-state index is 14.9. The van der Waals surface area contributed by atoms with E-state index in [1.807, 2.05) is 4.72 Å². The smallest absolute Gasteiger partial charge is 0.282 e. The lowest BCUT2D eigenvalue weighted by Crippen LogP contribution is -2.32. The standard InChI is InChI=1S/C25H22ClFN2O6S2/c1-36(32,33)14-15-7-9-20(27)16(11-15)13-29-21-10-8-17(26)12-19(21)23(18-5-3-4-6-22(18)30)24(29)25(31)28-37(2,34)35/h3-5,7-12H,6,13-14H2,1-2H3,(H,28,31). The molecular weight excluding hydrogens is 543 g/mol. The predicted molar refractivity (Wildman–Crippen MR) is 140 cm³/mol. The number of aromatic nitrogens is 1. The van der Waals surface area contributed by atoms with Gasteiger partial charge in [-0.2, -0.15) is 0 Å². The number of fused-ring (bicyclic) bond motifs is 1. The van der Waals surface area contributed by atoms with Crippen molar-refractivity contribution in [1.82, 2.24) is 9.29 Å². The Kier molecular flexibility index (Phi) is 7.15. The number of nitrogens with zero attached hydrogens (tertiary/aromatic N) is 1. The van der Waals surface area contributed by atoms with Crippen LogP contribution in [-0.2, 0) is 37.0 Å². The van der Waals surface area contributed by atoms with E-state index >= 15 is 0 Å². The molecule has 0 bridgehead atoms. The van der Waals surface area contributed by atoms with Gasteiger partial charge < -0.3 is 4.57 Å². The summed E-state index contributed by atoms with van der Waals surface area (Å²) in [4.78, 5) is 26.2. The number of nitrogens with one attached hydrogen (secondary N) is 1. The van der Waals surface area contributed by atoms with Crippen LogP contribution < -0.4 is 4.72 Å². The van der Waals surface area contributed by atoms with E-state index in [0.717, 1.165) is 18.6 Å². The lowest BCUT2D eigenvalue weighted by atomic mass is 9.93. The SMILES string of the molecule is CS(=O)(=O)Cc1ccc(F)c(Cn2c(C(=O)NS(C)(=O)=O)c(C3=CC=CCC3=O)c3cc(Cl)ccc32)c1. The maximum absolute atomic E-state index is 14.9. The van der Waals surface area contributed by atoms with Crippen molar-refractivity contribution in [3.8, 4) is 0 Å². The minimum atomic E-state index is -4.00. The van der Waals surface area contributed by atoms with Crippen LogP contribution in [0.25, 0.3) is 16.5 Å². The summed E-state index contributed by atoms with van der Waals surface area (Å²) in [6, 6.07) is 8.55. The monoisotopic (exact) mass is 564 g/mol. The normalized spacial score (nSPS) is 14.2. The highest BCUT2D eigenvalue weighted by Gasteiger charge is 2.30. The summed E-state index contributed by atoms with van der Waals surface area (Å²) in [5, 5.41) is 0.704. The molecule has 0 saturated carbocycles. The number of Topliss-reactive ketones (excluding diaryl/α,β-unsaturated/α-hetero) is 1. The highest BCUT2D eigenvalue weighted by atomic mass is 35.5. The fourth-order valence-corrected chi connectivity index (χ4v) is 5.68. The lowest BCUT2D eigenvalue weighted by molar-refractivity contribution is -0.113. The van der Waals surface area contributed by atoms with E-state index in [9.17, 15) is 30.8 Å². The minimum absolute atomic E-state index is 0.0665. The van der Waals surface area contributed by atoms with Gasteiger partial charge in [0.15, 0.2) is 15.6 Å². The van der Waals surface area contributed by atoms with Crippen molar-refractivity contribution in [1.29, 1.82) is 0 Å². The maximum Gasteiger partial charge on any atom is 0.282 e. The molecule has 8 nitrogen and oxygen atoms in total. The van der Waals surface area contributed by atoms with Gasteiger partial charge in [-0.3, -0.25) is 9.59 Å². The lowest BCUT2D eigenvalue weighted by Gasteiger charge is -2.15. The van der Waals surface area contributed by atoms with Crippen molar-refractivity contribution >= 4 is 59.6 Å². The first kappa shape index (κ1) is 26.8. The number of benzene rings is 2. The van der Waals surface area contributed by atoms with E-state index in [1.54, 1.807) is 30.4 Å². The molecule has 1 heterocycles. The van der Waals surface area contributed by atoms with Gasteiger partial charge in [0.2, 0.25) is 10.0 Å². The average molecular weight is 565 g/mol. The van der Waals surface area contributed by atoms with E-state index in [0.29, 0.717) is 21.5 Å². The number of ketones is 1. The van der Waals surface area contributed by atoms with Gasteiger partial charge in [-0.05, 0) is 29.8 Å². The van der Waals surface area contributed by atoms with Gasteiger partial charge >= 0.3 is 0 Å². The Hall–Kier alpha value is -3.28. The second-order valence-electron chi connectivity index (χ2n) is 8.81. The molecule has 1 amide bonds. The van der Waals surface area contributed by atoms with E-state index < -0.39 is 31.6 Å². The van der Waals surface area contributed by atoms with Crippen molar-refractivity contribution in [2.24, 2.45) is 0 Å². The van der Waals surface area contributed by atoms with Crippen LogP contribution in [0.1, 0.15) is 33.6 Å². The summed E-state index contributed by atoms with van der Waals surface area (Å²) in [5.74, 6) is -2.28. The molecule has 1 N–H and O–H groups in total. The van der Waals surface area contributed by atoms with Crippen LogP contribution in [0.2, 0.25) is 5.02 Å². The van der Waals surface area contributed by atoms with Crippen LogP contribution in [0.15, 0.2) is 54.6 Å². The molecule has 0 radical (unpaired) electrons. The molecule has 1 aromatic heterocycles. The number of rotatable bonds is 7. The summed E-state index contributed by atoms with van der Waals surface area (Å²) < 4.78 is 65.8. The van der Waals surface area contributed by atoms with Gasteiger partial charge in [-0.1, -0.05) is 42.0 Å². The van der Waals surface area contributed by atoms with Crippen LogP contribution in [0, 0.1) is 5.82 Å². The van der Waals surface area contributed by atoms with E-state index in [-0.39, 0.29) is 46.9 Å². The van der Waals surface area contributed by atoms with Crippen LogP contribution in [0.4, 0.5) is 4.39 Å². The summed E-state index contributed by atoms with van der Waals surface area (Å²) >= 11 is 6.24. The number of amides is 1. The molecule has 1 aliphatic rings. The Bertz CT molecular complexity index is 1740.